The van der Waals surface area contributed by atoms with E-state index in [0.717, 1.165) is 23.9 Å². The van der Waals surface area contributed by atoms with Crippen molar-refractivity contribution in [1.29, 1.82) is 0 Å². The monoisotopic (exact) mass is 352 g/mol. The van der Waals surface area contributed by atoms with E-state index >= 15 is 0 Å². The van der Waals surface area contributed by atoms with Crippen LogP contribution in [0.5, 0.6) is 0 Å². The fraction of sp³-hybridized carbons (Fsp3) is 0.412. The highest BCUT2D eigenvalue weighted by atomic mass is 79.9. The molecule has 1 atom stereocenters. The van der Waals surface area contributed by atoms with Gasteiger partial charge in [0.05, 0.1) is 0 Å². The van der Waals surface area contributed by atoms with Crippen molar-refractivity contribution < 1.29 is 4.39 Å². The lowest BCUT2D eigenvalue weighted by Crippen LogP contribution is -2.21. The summed E-state index contributed by atoms with van der Waals surface area (Å²) in [4.78, 5) is 0. The Hall–Kier alpha value is -1.13. The molecule has 2 rings (SSSR count). The van der Waals surface area contributed by atoms with E-state index in [2.05, 4.69) is 47.4 Å². The molecule has 0 bridgehead atoms. The van der Waals surface area contributed by atoms with Crippen LogP contribution >= 0.6 is 15.9 Å². The summed E-state index contributed by atoms with van der Waals surface area (Å²) in [6.07, 6.45) is 6.31. The predicted octanol–water partition coefficient (Wildman–Crippen LogP) is 4.89. The number of rotatable bonds is 7. The van der Waals surface area contributed by atoms with Crippen molar-refractivity contribution in [2.24, 2.45) is 0 Å². The molecule has 0 aliphatic heterocycles. The lowest BCUT2D eigenvalue weighted by molar-refractivity contribution is 0.517. The Balaban J connectivity index is 2.08. The summed E-state index contributed by atoms with van der Waals surface area (Å²) in [6.45, 7) is 5.93. The van der Waals surface area contributed by atoms with Crippen molar-refractivity contribution in [1.82, 2.24) is 9.88 Å². The summed E-state index contributed by atoms with van der Waals surface area (Å²) in [5.41, 5.74) is 1.97. The second-order valence-electron chi connectivity index (χ2n) is 5.27. The molecule has 1 unspecified atom stereocenters. The van der Waals surface area contributed by atoms with Gasteiger partial charge in [0, 0.05) is 35.0 Å². The van der Waals surface area contributed by atoms with Gasteiger partial charge in [-0.25, -0.2) is 4.39 Å². The molecule has 1 heterocycles. The molecule has 0 amide bonds. The van der Waals surface area contributed by atoms with Crippen LogP contribution in [0.4, 0.5) is 4.39 Å². The van der Waals surface area contributed by atoms with Crippen molar-refractivity contribution in [2.75, 3.05) is 6.54 Å². The molecular weight excluding hydrogens is 331 g/mol. The lowest BCUT2D eigenvalue weighted by atomic mass is 10.1. The van der Waals surface area contributed by atoms with Crippen molar-refractivity contribution in [2.45, 2.75) is 39.3 Å². The minimum Gasteiger partial charge on any atom is -0.349 e. The maximum absolute atomic E-state index is 13.9. The normalized spacial score (nSPS) is 12.6. The summed E-state index contributed by atoms with van der Waals surface area (Å²) < 4.78 is 16.7. The van der Waals surface area contributed by atoms with Crippen LogP contribution in [0, 0.1) is 5.82 Å². The number of nitrogens with zero attached hydrogens (tertiary/aromatic N) is 1. The van der Waals surface area contributed by atoms with Crippen LogP contribution in [0.25, 0.3) is 0 Å². The first-order valence-electron chi connectivity index (χ1n) is 7.47. The first kappa shape index (κ1) is 16.2. The summed E-state index contributed by atoms with van der Waals surface area (Å²) in [7, 11) is 0. The largest absolute Gasteiger partial charge is 0.349 e. The summed E-state index contributed by atoms with van der Waals surface area (Å²) in [5, 5.41) is 3.54. The molecule has 0 saturated carbocycles. The standard InChI is InChI=1S/C17H22BrFN2/c1-3-8-20-17(4-2)14-7-9-21(12-14)11-13-5-6-15(18)10-16(13)19/h5-7,9-10,12,17,20H,3-4,8,11H2,1-2H3. The van der Waals surface area contributed by atoms with E-state index in [1.165, 1.54) is 11.6 Å². The quantitative estimate of drug-likeness (QED) is 0.750. The van der Waals surface area contributed by atoms with Crippen LogP contribution in [0.1, 0.15) is 43.9 Å². The topological polar surface area (TPSA) is 17.0 Å². The second kappa shape index (κ2) is 7.76. The molecule has 0 aliphatic rings. The molecule has 1 aromatic carbocycles. The Bertz CT molecular complexity index is 580. The van der Waals surface area contributed by atoms with Crippen LogP contribution in [0.2, 0.25) is 0 Å². The first-order valence-corrected chi connectivity index (χ1v) is 8.26. The van der Waals surface area contributed by atoms with Crippen molar-refractivity contribution >= 4 is 15.9 Å². The molecule has 0 spiro atoms. The number of nitrogens with one attached hydrogen (secondary N) is 1. The highest BCUT2D eigenvalue weighted by Crippen LogP contribution is 2.20. The van der Waals surface area contributed by atoms with Gasteiger partial charge in [-0.1, -0.05) is 35.8 Å². The zero-order valence-corrected chi connectivity index (χ0v) is 14.2. The number of hydrogen-bond acceptors (Lipinski definition) is 1. The Labute approximate surface area is 134 Å². The van der Waals surface area contributed by atoms with Gasteiger partial charge < -0.3 is 9.88 Å². The lowest BCUT2D eigenvalue weighted by Gasteiger charge is -2.15. The molecule has 2 aromatic rings. The third-order valence-electron chi connectivity index (χ3n) is 3.59. The third kappa shape index (κ3) is 4.42. The van der Waals surface area contributed by atoms with Crippen LogP contribution in [-0.4, -0.2) is 11.1 Å². The Kier molecular flexibility index (Phi) is 6.00. The maximum atomic E-state index is 13.9. The van der Waals surface area contributed by atoms with Crippen LogP contribution in [-0.2, 0) is 6.54 Å². The van der Waals surface area contributed by atoms with Gasteiger partial charge in [-0.3, -0.25) is 0 Å². The van der Waals surface area contributed by atoms with E-state index in [4.69, 9.17) is 0 Å². The predicted molar refractivity (Wildman–Crippen MR) is 89.0 cm³/mol. The van der Waals surface area contributed by atoms with Crippen LogP contribution in [0.3, 0.4) is 0 Å². The first-order chi connectivity index (χ1) is 10.1. The number of halogens is 2. The summed E-state index contributed by atoms with van der Waals surface area (Å²) >= 11 is 3.28. The molecule has 21 heavy (non-hydrogen) atoms. The minimum atomic E-state index is -0.171. The van der Waals surface area contributed by atoms with E-state index in [-0.39, 0.29) is 5.82 Å². The van der Waals surface area contributed by atoms with Gasteiger partial charge in [-0.2, -0.15) is 0 Å². The molecule has 0 radical (unpaired) electrons. The highest BCUT2D eigenvalue weighted by molar-refractivity contribution is 9.10. The molecule has 1 N–H and O–H groups in total. The van der Waals surface area contributed by atoms with E-state index in [0.29, 0.717) is 18.2 Å². The van der Waals surface area contributed by atoms with E-state index in [1.807, 2.05) is 22.9 Å². The van der Waals surface area contributed by atoms with E-state index < -0.39 is 0 Å². The molecule has 114 valence electrons. The number of hydrogen-bond donors (Lipinski definition) is 1. The van der Waals surface area contributed by atoms with E-state index in [9.17, 15) is 4.39 Å². The van der Waals surface area contributed by atoms with Gasteiger partial charge in [0.25, 0.3) is 0 Å². The van der Waals surface area contributed by atoms with Gasteiger partial charge >= 0.3 is 0 Å². The molecule has 4 heteroatoms. The van der Waals surface area contributed by atoms with Crippen molar-refractivity contribution in [3.63, 3.8) is 0 Å². The van der Waals surface area contributed by atoms with Gasteiger partial charge in [-0.15, -0.1) is 0 Å². The van der Waals surface area contributed by atoms with Gasteiger partial charge in [0.15, 0.2) is 0 Å². The SMILES string of the molecule is CCCNC(CC)c1ccn(Cc2ccc(Br)cc2F)c1. The maximum Gasteiger partial charge on any atom is 0.129 e. The van der Waals surface area contributed by atoms with Gasteiger partial charge in [-0.05, 0) is 43.1 Å². The van der Waals surface area contributed by atoms with Gasteiger partial charge in [0.2, 0.25) is 0 Å². The molecular formula is C17H22BrFN2. The Morgan fingerprint density at radius 3 is 2.76 bits per heavy atom. The van der Waals surface area contributed by atoms with Crippen molar-refractivity contribution in [3.8, 4) is 0 Å². The fourth-order valence-electron chi connectivity index (χ4n) is 2.43. The molecule has 0 aliphatic carbocycles. The Morgan fingerprint density at radius 1 is 1.29 bits per heavy atom. The highest BCUT2D eigenvalue weighted by Gasteiger charge is 2.10. The second-order valence-corrected chi connectivity index (χ2v) is 6.18. The van der Waals surface area contributed by atoms with Crippen LogP contribution in [0.15, 0.2) is 41.1 Å². The molecule has 2 nitrogen and oxygen atoms in total. The molecule has 1 aromatic heterocycles. The Morgan fingerprint density at radius 2 is 2.10 bits per heavy atom. The zero-order chi connectivity index (χ0) is 15.2. The minimum absolute atomic E-state index is 0.171. The number of benzene rings is 1. The summed E-state index contributed by atoms with van der Waals surface area (Å²) in [5.74, 6) is -0.171. The fourth-order valence-corrected chi connectivity index (χ4v) is 2.76. The zero-order valence-electron chi connectivity index (χ0n) is 12.6. The van der Waals surface area contributed by atoms with Crippen molar-refractivity contribution in [3.05, 3.63) is 58.1 Å². The smallest absolute Gasteiger partial charge is 0.129 e. The molecule has 0 fully saturated rings. The number of aromatic nitrogens is 1. The summed E-state index contributed by atoms with van der Waals surface area (Å²) in [6, 6.07) is 7.71. The average Bonchev–Trinajstić information content (AvgIpc) is 2.91. The average molecular weight is 353 g/mol. The van der Waals surface area contributed by atoms with Crippen LogP contribution < -0.4 is 5.32 Å². The van der Waals surface area contributed by atoms with Gasteiger partial charge in [0.1, 0.15) is 5.82 Å². The van der Waals surface area contributed by atoms with E-state index in [1.54, 1.807) is 0 Å². The molecule has 0 saturated heterocycles. The third-order valence-corrected chi connectivity index (χ3v) is 4.09.